The molecule has 0 saturated heterocycles. The van der Waals surface area contributed by atoms with Crippen molar-refractivity contribution >= 4 is 172 Å². The average molecular weight is 1920 g/mol. The Morgan fingerprint density at radius 3 is 1.06 bits per heavy atom. The second kappa shape index (κ2) is 53.0. The van der Waals surface area contributed by atoms with Crippen LogP contribution in [0.15, 0.2) is 195 Å². The number of imidazole rings is 4. The van der Waals surface area contributed by atoms with Crippen molar-refractivity contribution in [2.24, 2.45) is 0 Å². The summed E-state index contributed by atoms with van der Waals surface area (Å²) in [5.41, 5.74) is 19.8. The van der Waals surface area contributed by atoms with Crippen LogP contribution < -0.4 is 55.6 Å². The van der Waals surface area contributed by atoms with Crippen molar-refractivity contribution in [1.29, 1.82) is 0 Å². The standard InChI is InChI=1S/C23H31N5O.2C21H27N5OS2.C15H14IN3.C8H18N2O.ClH.O.Tc/c1-5-14-27(15-13-24-23(29)6-2)20-11-12-22-25-21(17-28(22)16-20)18-7-9-19(10-8-18)26(3)4;2*1-24(2)17-5-3-16(4-6-17)19-14-26-13-18(7-8-20(26)23-19)25(11-12-28)10-9-22-21(27)15-29;1-18(2)13-6-3-11(4-7-13)14-10-19-9-12(16)5-8-15(19)17-14;1-3-5-9-6-7-10-8(11)4-2;;;/h7-12,16-17H,5-6,13-15H2,1-4H3,(H,24,29);3-8,13-14H,9-12,15H2,1-2H3,(H3,22,27,28,29);3-8,13-14,28-29H,9-12,15H2,1-2H3,(H,22,27);3-10H,1-2H3;9H,3-7H2,1-2H3,(H,10,11);1H;;/q;;;;;;;+4/p-3. The molecule has 0 fully saturated rings. The predicted molar refractivity (Wildman–Crippen MR) is 516 cm³/mol. The molecule has 0 unspecified atom stereocenters. The number of anilines is 7. The van der Waals surface area contributed by atoms with Gasteiger partial charge in [0.15, 0.2) is 0 Å². The molecule has 12 aromatic rings. The van der Waals surface area contributed by atoms with E-state index in [9.17, 15) is 19.2 Å². The molecule has 25 nitrogen and oxygen atoms in total. The molecule has 4 aromatic carbocycles. The van der Waals surface area contributed by atoms with E-state index in [1.54, 1.807) is 0 Å². The van der Waals surface area contributed by atoms with Gasteiger partial charge in [-0.1, -0.05) is 76.2 Å². The Hall–Kier alpha value is -9.05. The van der Waals surface area contributed by atoms with Crippen molar-refractivity contribution in [1.82, 2.24) is 58.8 Å². The van der Waals surface area contributed by atoms with E-state index in [2.05, 4.69) is 289 Å². The van der Waals surface area contributed by atoms with Gasteiger partial charge >= 0.3 is 22.4 Å². The van der Waals surface area contributed by atoms with Gasteiger partial charge in [0, 0.05) is 238 Å². The van der Waals surface area contributed by atoms with E-state index in [-0.39, 0.29) is 47.5 Å². The van der Waals surface area contributed by atoms with E-state index in [1.807, 2.05) is 122 Å². The number of benzene rings is 4. The Morgan fingerprint density at radius 2 is 0.733 bits per heavy atom. The van der Waals surface area contributed by atoms with Gasteiger partial charge in [0.25, 0.3) is 0 Å². The summed E-state index contributed by atoms with van der Waals surface area (Å²) >= 11 is 21.5. The van der Waals surface area contributed by atoms with Crippen LogP contribution in [0.3, 0.4) is 0 Å². The SMILES string of the molecule is CCCN(CCNC(=O)CC)c1ccc2nc(-c3ccc(N(C)C)cc3)cn2c1.CCCNCCNC(=O)CC.CN(C)c1ccc(-c2cn3cc(I)ccc3n2)cc1.CN(C)c1ccc(-c2cn3cc(N(CCS)CCNC(=O)CS)ccc3n2)cc1.CN(C)c1ccc(-c2cn3cc(N(CC[S-])CC[N-]C(=O)C[S-])ccc3n2)cc1.Cl.[O]=[Tc+4]. The maximum atomic E-state index is 11.5. The van der Waals surface area contributed by atoms with Gasteiger partial charge in [-0.15, -0.1) is 24.7 Å². The number of nitrogens with one attached hydrogen (secondary N) is 4. The zero-order valence-electron chi connectivity index (χ0n) is 70.7. The average Bonchev–Trinajstić information content (AvgIpc) is 1.50. The molecule has 0 aliphatic rings. The van der Waals surface area contributed by atoms with Crippen molar-refractivity contribution < 1.29 is 41.5 Å². The van der Waals surface area contributed by atoms with Crippen LogP contribution in [0.4, 0.5) is 39.8 Å². The molecule has 0 atom stereocenters. The van der Waals surface area contributed by atoms with Crippen LogP contribution in [0.25, 0.3) is 72.9 Å². The Morgan fingerprint density at radius 1 is 0.400 bits per heavy atom. The minimum absolute atomic E-state index is 0. The summed E-state index contributed by atoms with van der Waals surface area (Å²) in [5, 5.41) is 15.8. The molecule has 32 heteroatoms. The van der Waals surface area contributed by atoms with E-state index >= 15 is 0 Å². The first-order chi connectivity index (χ1) is 57.5. The number of hydrogen-bond acceptors (Lipinski definition) is 21. The monoisotopic (exact) mass is 1920 g/mol. The van der Waals surface area contributed by atoms with Crippen LogP contribution in [0.1, 0.15) is 53.4 Å². The van der Waals surface area contributed by atoms with Crippen molar-refractivity contribution in [3.8, 4) is 45.0 Å². The molecule has 0 aliphatic carbocycles. The number of thiol groups is 2. The van der Waals surface area contributed by atoms with Gasteiger partial charge in [0.1, 0.15) is 22.6 Å². The van der Waals surface area contributed by atoms with E-state index in [4.69, 9.17) is 43.7 Å². The molecule has 0 bridgehead atoms. The second-order valence-electron chi connectivity index (χ2n) is 28.3. The number of pyridine rings is 4. The molecule has 8 aromatic heterocycles. The number of rotatable bonds is 35. The second-order valence-corrected chi connectivity index (χ2v) is 31.0. The normalized spacial score (nSPS) is 10.6. The summed E-state index contributed by atoms with van der Waals surface area (Å²) in [6, 6.07) is 50.0. The number of hydrogen-bond donors (Lipinski definition) is 6. The third-order valence-electron chi connectivity index (χ3n) is 18.8. The van der Waals surface area contributed by atoms with Crippen LogP contribution in [0.2, 0.25) is 0 Å². The van der Waals surface area contributed by atoms with Crippen LogP contribution in [-0.2, 0) is 66.8 Å². The molecule has 8 heterocycles. The van der Waals surface area contributed by atoms with E-state index in [1.165, 1.54) is 14.9 Å². The van der Waals surface area contributed by atoms with E-state index in [0.29, 0.717) is 57.9 Å². The van der Waals surface area contributed by atoms with Crippen LogP contribution in [0, 0.1) is 3.57 Å². The number of fused-ring (bicyclic) bond motifs is 4. The number of carbonyl (C=O) groups excluding carboxylic acids is 4. The molecule has 120 heavy (non-hydrogen) atoms. The first-order valence-corrected chi connectivity index (χ1v) is 44.0. The molecular formula is C88H115ClIN20O5S4Tc+. The van der Waals surface area contributed by atoms with Crippen LogP contribution in [0.5, 0.6) is 0 Å². The van der Waals surface area contributed by atoms with Crippen molar-refractivity contribution in [3.05, 3.63) is 204 Å². The Balaban J connectivity index is 0.000000238. The molecule has 12 rings (SSSR count). The third-order valence-corrected chi connectivity index (χ3v) is 20.3. The molecule has 0 radical (unpaired) electrons. The Labute approximate surface area is 760 Å². The number of halogens is 2. The Kier molecular flexibility index (Phi) is 44.0. The zero-order chi connectivity index (χ0) is 86.3. The molecular weight excluding hydrogens is 1810 g/mol. The number of amides is 4. The summed E-state index contributed by atoms with van der Waals surface area (Å²) in [7, 11) is 16.3. The number of carbonyl (C=O) groups is 4. The first kappa shape index (κ1) is 99.8. The molecule has 4 N–H and O–H groups in total. The summed E-state index contributed by atoms with van der Waals surface area (Å²) in [6.07, 6.45) is 19.8. The van der Waals surface area contributed by atoms with Gasteiger partial charge < -0.3 is 109 Å². The molecule has 0 spiro atoms. The Bertz CT molecular complexity index is 4700. The molecule has 641 valence electrons. The molecule has 0 saturated carbocycles. The first-order valence-electron chi connectivity index (χ1n) is 39.7. The summed E-state index contributed by atoms with van der Waals surface area (Å²) in [6.45, 7) is 16.9. The van der Waals surface area contributed by atoms with E-state index < -0.39 is 0 Å². The van der Waals surface area contributed by atoms with Crippen molar-refractivity contribution in [3.63, 3.8) is 0 Å². The molecule has 4 amide bonds. The summed E-state index contributed by atoms with van der Waals surface area (Å²) in [4.78, 5) is 78.9. The summed E-state index contributed by atoms with van der Waals surface area (Å²) in [5.74, 6) is 1.47. The zero-order valence-corrected chi connectivity index (χ0v) is 78.9. The van der Waals surface area contributed by atoms with Gasteiger partial charge in [-0.3, -0.25) is 14.4 Å². The van der Waals surface area contributed by atoms with Gasteiger partial charge in [0.2, 0.25) is 17.7 Å². The fourth-order valence-corrected chi connectivity index (χ4v) is 13.4. The van der Waals surface area contributed by atoms with Crippen LogP contribution >= 0.6 is 60.3 Å². The fraction of sp³-hybridized carbons (Fsp3) is 0.364. The third kappa shape index (κ3) is 31.4. The van der Waals surface area contributed by atoms with Crippen molar-refractivity contribution in [2.75, 3.05) is 192 Å². The predicted octanol–water partition coefficient (Wildman–Crippen LogP) is 14.0. The van der Waals surface area contributed by atoms with Crippen LogP contribution in [-0.4, -0.2) is 219 Å². The number of aromatic nitrogens is 8. The van der Waals surface area contributed by atoms with E-state index in [0.717, 1.165) is 173 Å². The van der Waals surface area contributed by atoms with Gasteiger partial charge in [0.05, 0.1) is 45.6 Å². The van der Waals surface area contributed by atoms with Gasteiger partial charge in [-0.05, 0) is 146 Å². The fourth-order valence-electron chi connectivity index (χ4n) is 12.3. The minimum atomic E-state index is -0.242. The van der Waals surface area contributed by atoms with Gasteiger partial charge in [-0.25, -0.2) is 19.9 Å². The summed E-state index contributed by atoms with van der Waals surface area (Å²) < 4.78 is 17.6. The quantitative estimate of drug-likeness (QED) is 0.00937. The molecule has 0 aliphatic heterocycles. The van der Waals surface area contributed by atoms with Crippen molar-refractivity contribution in [2.45, 2.75) is 53.4 Å². The number of nitrogens with zero attached hydrogens (tertiary/aromatic N) is 16. The maximum absolute atomic E-state index is 11.5. The topological polar surface area (TPSA) is 239 Å². The van der Waals surface area contributed by atoms with Gasteiger partial charge in [-0.2, -0.15) is 31.0 Å².